The summed E-state index contributed by atoms with van der Waals surface area (Å²) in [5.41, 5.74) is 6.85. The predicted octanol–water partition coefficient (Wildman–Crippen LogP) is 2.04. The lowest BCUT2D eigenvalue weighted by Crippen LogP contribution is -2.12. The van der Waals surface area contributed by atoms with Crippen molar-refractivity contribution in [3.8, 4) is 11.4 Å². The molecule has 0 aliphatic rings. The first-order chi connectivity index (χ1) is 8.13. The zero-order chi connectivity index (χ0) is 12.4. The third-order valence-electron chi connectivity index (χ3n) is 2.53. The van der Waals surface area contributed by atoms with E-state index >= 15 is 0 Å². The molecule has 90 valence electrons. The van der Waals surface area contributed by atoms with Gasteiger partial charge in [0, 0.05) is 11.6 Å². The molecule has 2 N–H and O–H groups in total. The van der Waals surface area contributed by atoms with Gasteiger partial charge in [-0.3, -0.25) is 0 Å². The van der Waals surface area contributed by atoms with Crippen LogP contribution in [0, 0.1) is 5.82 Å². The summed E-state index contributed by atoms with van der Waals surface area (Å²) in [6, 6.07) is 4.39. The van der Waals surface area contributed by atoms with Gasteiger partial charge in [-0.1, -0.05) is 6.07 Å². The summed E-state index contributed by atoms with van der Waals surface area (Å²) in [5, 5.41) is 4.11. The van der Waals surface area contributed by atoms with Crippen LogP contribution in [-0.4, -0.2) is 16.9 Å². The predicted molar refractivity (Wildman–Crippen MR) is 62.7 cm³/mol. The molecule has 0 bridgehead atoms. The van der Waals surface area contributed by atoms with Gasteiger partial charge in [-0.15, -0.1) is 0 Å². The summed E-state index contributed by atoms with van der Waals surface area (Å²) in [5.74, 6) is 0.289. The zero-order valence-corrected chi connectivity index (χ0v) is 9.72. The minimum absolute atomic E-state index is 0.327. The third-order valence-corrected chi connectivity index (χ3v) is 2.53. The van der Waals surface area contributed by atoms with Crippen LogP contribution < -0.4 is 10.5 Å². The first kappa shape index (κ1) is 11.6. The molecule has 17 heavy (non-hydrogen) atoms. The molecule has 0 fully saturated rings. The summed E-state index contributed by atoms with van der Waals surface area (Å²) < 4.78 is 20.3. The van der Waals surface area contributed by atoms with Crippen molar-refractivity contribution in [2.24, 2.45) is 5.73 Å². The Kier molecular flexibility index (Phi) is 3.10. The van der Waals surface area contributed by atoms with E-state index in [0.29, 0.717) is 17.0 Å². The largest absolute Gasteiger partial charge is 0.493 e. The summed E-state index contributed by atoms with van der Waals surface area (Å²) in [6.07, 6.45) is 3.25. The SMILES string of the molecule is COc1cnn(-c2cccc(F)c2[C@H](C)N)c1. The van der Waals surface area contributed by atoms with Gasteiger partial charge in [0.2, 0.25) is 0 Å². The van der Waals surface area contributed by atoms with Crippen LogP contribution in [0.25, 0.3) is 5.69 Å². The second kappa shape index (κ2) is 4.55. The number of rotatable bonds is 3. The van der Waals surface area contributed by atoms with Gasteiger partial charge in [-0.25, -0.2) is 9.07 Å². The van der Waals surface area contributed by atoms with E-state index in [4.69, 9.17) is 10.5 Å². The normalized spacial score (nSPS) is 12.5. The maximum atomic E-state index is 13.7. The van der Waals surface area contributed by atoms with Crippen molar-refractivity contribution in [1.82, 2.24) is 9.78 Å². The van der Waals surface area contributed by atoms with Crippen LogP contribution in [0.3, 0.4) is 0 Å². The van der Waals surface area contributed by atoms with Crippen LogP contribution in [0.15, 0.2) is 30.6 Å². The van der Waals surface area contributed by atoms with Crippen LogP contribution in [0.2, 0.25) is 0 Å². The molecule has 0 aliphatic carbocycles. The summed E-state index contributed by atoms with van der Waals surface area (Å²) in [7, 11) is 1.55. The lowest BCUT2D eigenvalue weighted by atomic mass is 10.1. The molecule has 1 atom stereocenters. The van der Waals surface area contributed by atoms with Gasteiger partial charge < -0.3 is 10.5 Å². The number of hydrogen-bond donors (Lipinski definition) is 1. The molecule has 0 unspecified atom stereocenters. The third kappa shape index (κ3) is 2.14. The topological polar surface area (TPSA) is 53.1 Å². The minimum Gasteiger partial charge on any atom is -0.493 e. The molecule has 1 aromatic carbocycles. The molecule has 5 heteroatoms. The zero-order valence-electron chi connectivity index (χ0n) is 9.72. The quantitative estimate of drug-likeness (QED) is 0.885. The van der Waals surface area contributed by atoms with Crippen LogP contribution in [0.1, 0.15) is 18.5 Å². The van der Waals surface area contributed by atoms with E-state index in [1.165, 1.54) is 6.07 Å². The molecule has 0 aliphatic heterocycles. The molecule has 4 nitrogen and oxygen atoms in total. The lowest BCUT2D eigenvalue weighted by molar-refractivity contribution is 0.414. The number of nitrogens with zero attached hydrogens (tertiary/aromatic N) is 2. The fraction of sp³-hybridized carbons (Fsp3) is 0.250. The average molecular weight is 235 g/mol. The van der Waals surface area contributed by atoms with E-state index in [9.17, 15) is 4.39 Å². The van der Waals surface area contributed by atoms with E-state index < -0.39 is 6.04 Å². The van der Waals surface area contributed by atoms with Gasteiger partial charge in [0.1, 0.15) is 5.82 Å². The molecule has 0 saturated heterocycles. The monoisotopic (exact) mass is 235 g/mol. The van der Waals surface area contributed by atoms with Gasteiger partial charge in [-0.05, 0) is 19.1 Å². The Morgan fingerprint density at radius 3 is 2.82 bits per heavy atom. The highest BCUT2D eigenvalue weighted by Gasteiger charge is 2.14. The Balaban J connectivity index is 2.54. The molecule has 1 heterocycles. The number of benzene rings is 1. The average Bonchev–Trinajstić information content (AvgIpc) is 2.76. The van der Waals surface area contributed by atoms with Crippen molar-refractivity contribution in [1.29, 1.82) is 0 Å². The van der Waals surface area contributed by atoms with Crippen molar-refractivity contribution in [2.45, 2.75) is 13.0 Å². The molecule has 0 amide bonds. The van der Waals surface area contributed by atoms with Gasteiger partial charge in [-0.2, -0.15) is 5.10 Å². The van der Waals surface area contributed by atoms with Crippen LogP contribution in [0.4, 0.5) is 4.39 Å². The van der Waals surface area contributed by atoms with Gasteiger partial charge >= 0.3 is 0 Å². The van der Waals surface area contributed by atoms with E-state index in [2.05, 4.69) is 5.10 Å². The summed E-state index contributed by atoms with van der Waals surface area (Å²) >= 11 is 0. The van der Waals surface area contributed by atoms with Crippen molar-refractivity contribution in [3.63, 3.8) is 0 Å². The van der Waals surface area contributed by atoms with E-state index in [0.717, 1.165) is 0 Å². The maximum absolute atomic E-state index is 13.7. The van der Waals surface area contributed by atoms with Gasteiger partial charge in [0.25, 0.3) is 0 Å². The highest BCUT2D eigenvalue weighted by Crippen LogP contribution is 2.24. The molecule has 2 rings (SSSR count). The molecule has 0 saturated carbocycles. The van der Waals surface area contributed by atoms with E-state index in [1.807, 2.05) is 0 Å². The number of aromatic nitrogens is 2. The summed E-state index contributed by atoms with van der Waals surface area (Å²) in [4.78, 5) is 0. The molecule has 2 aromatic rings. The molecule has 1 aromatic heterocycles. The molecular formula is C12H14FN3O. The Morgan fingerprint density at radius 1 is 1.47 bits per heavy atom. The highest BCUT2D eigenvalue weighted by atomic mass is 19.1. The number of halogens is 1. The fourth-order valence-electron chi connectivity index (χ4n) is 1.72. The Bertz CT molecular complexity index is 522. The Hall–Kier alpha value is -1.88. The Morgan fingerprint density at radius 2 is 2.24 bits per heavy atom. The Labute approximate surface area is 98.8 Å². The molecule has 0 radical (unpaired) electrons. The second-order valence-corrected chi connectivity index (χ2v) is 3.79. The molecular weight excluding hydrogens is 221 g/mol. The minimum atomic E-state index is -0.401. The standard InChI is InChI=1S/C12H14FN3O/c1-8(14)12-10(13)4-3-5-11(12)16-7-9(17-2)6-15-16/h3-8H,14H2,1-2H3/t8-/m0/s1. The molecule has 0 spiro atoms. The van der Waals surface area contributed by atoms with E-state index in [-0.39, 0.29) is 5.82 Å². The van der Waals surface area contributed by atoms with Crippen LogP contribution in [0.5, 0.6) is 5.75 Å². The van der Waals surface area contributed by atoms with Gasteiger partial charge in [0.05, 0.1) is 25.2 Å². The number of hydrogen-bond acceptors (Lipinski definition) is 3. The van der Waals surface area contributed by atoms with Gasteiger partial charge in [0.15, 0.2) is 5.75 Å². The fourth-order valence-corrected chi connectivity index (χ4v) is 1.72. The van der Waals surface area contributed by atoms with Crippen LogP contribution >= 0.6 is 0 Å². The first-order valence-electron chi connectivity index (χ1n) is 5.26. The number of ether oxygens (including phenoxy) is 1. The number of methoxy groups -OCH3 is 1. The van der Waals surface area contributed by atoms with Crippen molar-refractivity contribution in [2.75, 3.05) is 7.11 Å². The van der Waals surface area contributed by atoms with E-state index in [1.54, 1.807) is 43.2 Å². The second-order valence-electron chi connectivity index (χ2n) is 3.79. The van der Waals surface area contributed by atoms with Crippen LogP contribution in [-0.2, 0) is 0 Å². The highest BCUT2D eigenvalue weighted by molar-refractivity contribution is 5.43. The van der Waals surface area contributed by atoms with Crippen molar-refractivity contribution < 1.29 is 9.13 Å². The number of nitrogens with two attached hydrogens (primary N) is 1. The first-order valence-corrected chi connectivity index (χ1v) is 5.26. The van der Waals surface area contributed by atoms with Crippen molar-refractivity contribution >= 4 is 0 Å². The smallest absolute Gasteiger partial charge is 0.157 e. The maximum Gasteiger partial charge on any atom is 0.157 e. The lowest BCUT2D eigenvalue weighted by Gasteiger charge is -2.13. The van der Waals surface area contributed by atoms with Crippen molar-refractivity contribution in [3.05, 3.63) is 42.0 Å². The summed E-state index contributed by atoms with van der Waals surface area (Å²) in [6.45, 7) is 1.74.